The van der Waals surface area contributed by atoms with Gasteiger partial charge < -0.3 is 10.1 Å². The van der Waals surface area contributed by atoms with Crippen LogP contribution in [0.2, 0.25) is 0 Å². The lowest BCUT2D eigenvalue weighted by Crippen LogP contribution is -2.26. The molecule has 0 saturated carbocycles. The summed E-state index contributed by atoms with van der Waals surface area (Å²) in [7, 11) is 1.94. The summed E-state index contributed by atoms with van der Waals surface area (Å²) in [6.07, 6.45) is 2.51. The zero-order chi connectivity index (χ0) is 11.1. The highest BCUT2D eigenvalue weighted by Gasteiger charge is 2.02. The van der Waals surface area contributed by atoms with Crippen molar-refractivity contribution in [1.82, 2.24) is 5.32 Å². The van der Waals surface area contributed by atoms with Gasteiger partial charge in [-0.3, -0.25) is 0 Å². The number of hydrogen-bond acceptors (Lipinski definition) is 2. The number of hydrogen-bond donors (Lipinski definition) is 1. The highest BCUT2D eigenvalue weighted by Crippen LogP contribution is 2.15. The summed E-state index contributed by atoms with van der Waals surface area (Å²) < 4.78 is 5.78. The largest absolute Gasteiger partial charge is 0.489 e. The molecule has 2 heteroatoms. The molecule has 1 N–H and O–H groups in total. The monoisotopic (exact) mass is 207 g/mol. The first-order valence-corrected chi connectivity index (χ1v) is 5.66. The predicted molar refractivity (Wildman–Crippen MR) is 64.5 cm³/mol. The molecule has 0 aromatic heterocycles. The van der Waals surface area contributed by atoms with Crippen LogP contribution in [0.5, 0.6) is 5.75 Å². The van der Waals surface area contributed by atoms with Crippen LogP contribution < -0.4 is 10.1 Å². The van der Waals surface area contributed by atoms with Crippen molar-refractivity contribution in [3.05, 3.63) is 29.8 Å². The lowest BCUT2D eigenvalue weighted by molar-refractivity contribution is 0.220. The third-order valence-electron chi connectivity index (χ3n) is 2.27. The molecule has 0 radical (unpaired) electrons. The van der Waals surface area contributed by atoms with E-state index >= 15 is 0 Å². The lowest BCUT2D eigenvalue weighted by atomic mass is 10.1. The van der Waals surface area contributed by atoms with Crippen molar-refractivity contribution in [2.45, 2.75) is 32.8 Å². The van der Waals surface area contributed by atoms with Crippen LogP contribution in [-0.4, -0.2) is 19.7 Å². The van der Waals surface area contributed by atoms with Gasteiger partial charge in [-0.15, -0.1) is 0 Å². The van der Waals surface area contributed by atoms with Gasteiger partial charge in [-0.2, -0.15) is 0 Å². The van der Waals surface area contributed by atoms with E-state index < -0.39 is 0 Å². The van der Waals surface area contributed by atoms with Crippen LogP contribution in [0.3, 0.4) is 0 Å². The quantitative estimate of drug-likeness (QED) is 0.774. The van der Waals surface area contributed by atoms with E-state index in [0.717, 1.165) is 18.7 Å². The van der Waals surface area contributed by atoms with E-state index in [0.29, 0.717) is 0 Å². The van der Waals surface area contributed by atoms with Crippen molar-refractivity contribution in [3.8, 4) is 5.75 Å². The molecule has 0 aliphatic rings. The van der Waals surface area contributed by atoms with Crippen molar-refractivity contribution in [3.63, 3.8) is 0 Å². The Morgan fingerprint density at radius 3 is 2.87 bits per heavy atom. The van der Waals surface area contributed by atoms with Gasteiger partial charge in [0.2, 0.25) is 0 Å². The van der Waals surface area contributed by atoms with Crippen LogP contribution in [0.4, 0.5) is 0 Å². The standard InChI is InChI=1S/C13H21NO/c1-4-6-12-7-5-8-13(9-12)15-11(2)10-14-3/h5,7-9,11,14H,4,6,10H2,1-3H3/t11-/m0/s1. The summed E-state index contributed by atoms with van der Waals surface area (Å²) in [5, 5.41) is 3.10. The Morgan fingerprint density at radius 1 is 1.40 bits per heavy atom. The highest BCUT2D eigenvalue weighted by molar-refractivity contribution is 5.28. The second-order valence-corrected chi connectivity index (χ2v) is 3.88. The second-order valence-electron chi connectivity index (χ2n) is 3.88. The Hall–Kier alpha value is -1.02. The van der Waals surface area contributed by atoms with Gasteiger partial charge in [-0.05, 0) is 38.1 Å². The Bertz CT molecular complexity index is 286. The van der Waals surface area contributed by atoms with E-state index in [1.54, 1.807) is 0 Å². The fraction of sp³-hybridized carbons (Fsp3) is 0.538. The first kappa shape index (κ1) is 12.1. The van der Waals surface area contributed by atoms with E-state index in [1.165, 1.54) is 12.0 Å². The Morgan fingerprint density at radius 2 is 2.20 bits per heavy atom. The van der Waals surface area contributed by atoms with Crippen molar-refractivity contribution in [2.24, 2.45) is 0 Å². The van der Waals surface area contributed by atoms with Gasteiger partial charge in [-0.25, -0.2) is 0 Å². The van der Waals surface area contributed by atoms with Gasteiger partial charge in [0, 0.05) is 6.54 Å². The summed E-state index contributed by atoms with van der Waals surface area (Å²) >= 11 is 0. The molecule has 1 aromatic carbocycles. The smallest absolute Gasteiger partial charge is 0.120 e. The van der Waals surface area contributed by atoms with Crippen LogP contribution in [0.1, 0.15) is 25.8 Å². The van der Waals surface area contributed by atoms with E-state index in [-0.39, 0.29) is 6.10 Å². The maximum atomic E-state index is 5.78. The van der Waals surface area contributed by atoms with E-state index in [1.807, 2.05) is 13.1 Å². The number of likely N-dealkylation sites (N-methyl/N-ethyl adjacent to an activating group) is 1. The van der Waals surface area contributed by atoms with Crippen LogP contribution in [0.15, 0.2) is 24.3 Å². The van der Waals surface area contributed by atoms with Gasteiger partial charge in [0.05, 0.1) is 0 Å². The molecule has 0 heterocycles. The molecule has 0 unspecified atom stereocenters. The zero-order valence-corrected chi connectivity index (χ0v) is 9.92. The minimum absolute atomic E-state index is 0.215. The average Bonchev–Trinajstić information content (AvgIpc) is 2.19. The third kappa shape index (κ3) is 4.34. The fourth-order valence-corrected chi connectivity index (χ4v) is 1.62. The molecule has 0 aliphatic heterocycles. The third-order valence-corrected chi connectivity index (χ3v) is 2.27. The van der Waals surface area contributed by atoms with E-state index in [2.05, 4.69) is 37.4 Å². The summed E-state index contributed by atoms with van der Waals surface area (Å²) in [6, 6.07) is 8.37. The normalized spacial score (nSPS) is 12.5. The van der Waals surface area contributed by atoms with Crippen molar-refractivity contribution >= 4 is 0 Å². The zero-order valence-electron chi connectivity index (χ0n) is 9.92. The number of rotatable bonds is 6. The molecule has 15 heavy (non-hydrogen) atoms. The van der Waals surface area contributed by atoms with Gasteiger partial charge in [0.15, 0.2) is 0 Å². The molecule has 0 aliphatic carbocycles. The minimum atomic E-state index is 0.215. The van der Waals surface area contributed by atoms with Crippen molar-refractivity contribution < 1.29 is 4.74 Å². The fourth-order valence-electron chi connectivity index (χ4n) is 1.62. The molecule has 2 nitrogen and oxygen atoms in total. The summed E-state index contributed by atoms with van der Waals surface area (Å²) in [5.41, 5.74) is 1.35. The first-order chi connectivity index (χ1) is 7.26. The van der Waals surface area contributed by atoms with E-state index in [4.69, 9.17) is 4.74 Å². The van der Waals surface area contributed by atoms with Crippen LogP contribution >= 0.6 is 0 Å². The van der Waals surface area contributed by atoms with Crippen LogP contribution in [0.25, 0.3) is 0 Å². The maximum absolute atomic E-state index is 5.78. The summed E-state index contributed by atoms with van der Waals surface area (Å²) in [4.78, 5) is 0. The molecule has 1 rings (SSSR count). The van der Waals surface area contributed by atoms with Crippen LogP contribution in [-0.2, 0) is 6.42 Å². The van der Waals surface area contributed by atoms with Crippen molar-refractivity contribution in [2.75, 3.05) is 13.6 Å². The van der Waals surface area contributed by atoms with Gasteiger partial charge in [-0.1, -0.05) is 25.5 Å². The number of ether oxygens (including phenoxy) is 1. The molecule has 0 bridgehead atoms. The molecule has 1 aromatic rings. The lowest BCUT2D eigenvalue weighted by Gasteiger charge is -2.14. The van der Waals surface area contributed by atoms with Gasteiger partial charge in [0.25, 0.3) is 0 Å². The molecule has 84 valence electrons. The maximum Gasteiger partial charge on any atom is 0.120 e. The molecule has 0 spiro atoms. The minimum Gasteiger partial charge on any atom is -0.489 e. The molecule has 0 saturated heterocycles. The summed E-state index contributed by atoms with van der Waals surface area (Å²) in [5.74, 6) is 0.976. The Labute approximate surface area is 92.6 Å². The first-order valence-electron chi connectivity index (χ1n) is 5.66. The van der Waals surface area contributed by atoms with Gasteiger partial charge in [0.1, 0.15) is 11.9 Å². The van der Waals surface area contributed by atoms with Crippen LogP contribution in [0, 0.1) is 0 Å². The Balaban J connectivity index is 2.56. The topological polar surface area (TPSA) is 21.3 Å². The molecule has 1 atom stereocenters. The SMILES string of the molecule is CCCc1cccc(O[C@@H](C)CNC)c1. The highest BCUT2D eigenvalue weighted by atomic mass is 16.5. The number of nitrogens with one attached hydrogen (secondary N) is 1. The van der Waals surface area contributed by atoms with Crippen molar-refractivity contribution in [1.29, 1.82) is 0 Å². The average molecular weight is 207 g/mol. The molecule has 0 amide bonds. The second kappa shape index (κ2) is 6.46. The number of aryl methyl sites for hydroxylation is 1. The Kier molecular flexibility index (Phi) is 5.19. The molecular weight excluding hydrogens is 186 g/mol. The summed E-state index contributed by atoms with van der Waals surface area (Å²) in [6.45, 7) is 5.14. The predicted octanol–water partition coefficient (Wildman–Crippen LogP) is 2.63. The van der Waals surface area contributed by atoms with Gasteiger partial charge >= 0.3 is 0 Å². The number of benzene rings is 1. The molecule has 0 fully saturated rings. The van der Waals surface area contributed by atoms with E-state index in [9.17, 15) is 0 Å². The molecular formula is C13H21NO.